The van der Waals surface area contributed by atoms with E-state index in [2.05, 4.69) is 26.3 Å². The normalized spacial score (nSPS) is 14.8. The molecule has 1 aromatic rings. The van der Waals surface area contributed by atoms with E-state index in [9.17, 15) is 39.0 Å². The number of aliphatic imine (C=N–C) groups is 1. The summed E-state index contributed by atoms with van der Waals surface area (Å²) in [5, 5.41) is 38.5. The standard InChI is InChI=1S/C30H48N8O9/c1-5-16(4)24(29(46)47)38-27(44)21(13-17-8-10-18(39)11-9-17)36-28(45)23(15(2)3)37-26(43)20(7-6-12-34-30(32)33)35-25(42)19(31)14-22(40)41/h8-11,15-16,19-21,23-24,39H,5-7,12-14,31H2,1-4H3,(H,35,42)(H,36,45)(H,37,43)(H,38,44)(H,40,41)(H,46,47)(H4,32,33,34). The molecule has 0 aliphatic rings. The molecule has 47 heavy (non-hydrogen) atoms. The van der Waals surface area contributed by atoms with Crippen LogP contribution in [0.4, 0.5) is 0 Å². The number of carboxylic acids is 2. The summed E-state index contributed by atoms with van der Waals surface area (Å²) in [4.78, 5) is 79.8. The van der Waals surface area contributed by atoms with Crippen molar-refractivity contribution in [3.05, 3.63) is 29.8 Å². The van der Waals surface area contributed by atoms with Crippen molar-refractivity contribution >= 4 is 41.5 Å². The molecule has 0 saturated carbocycles. The maximum atomic E-state index is 13.6. The van der Waals surface area contributed by atoms with Crippen molar-refractivity contribution in [2.75, 3.05) is 6.54 Å². The predicted octanol–water partition coefficient (Wildman–Crippen LogP) is -1.48. The highest BCUT2D eigenvalue weighted by molar-refractivity contribution is 5.96. The molecule has 0 radical (unpaired) electrons. The maximum absolute atomic E-state index is 13.6. The molecule has 0 fully saturated rings. The van der Waals surface area contributed by atoms with Crippen LogP contribution in [0.2, 0.25) is 0 Å². The van der Waals surface area contributed by atoms with E-state index in [4.69, 9.17) is 22.3 Å². The van der Waals surface area contributed by atoms with Crippen molar-refractivity contribution in [1.82, 2.24) is 21.3 Å². The molecule has 6 unspecified atom stereocenters. The van der Waals surface area contributed by atoms with Crippen LogP contribution >= 0.6 is 0 Å². The van der Waals surface area contributed by atoms with E-state index in [0.29, 0.717) is 12.0 Å². The number of hydrogen-bond donors (Lipinski definition) is 10. The Kier molecular flexibility index (Phi) is 16.7. The second-order valence-corrected chi connectivity index (χ2v) is 11.6. The Bertz CT molecular complexity index is 1270. The average Bonchev–Trinajstić information content (AvgIpc) is 2.99. The van der Waals surface area contributed by atoms with Gasteiger partial charge in [-0.05, 0) is 42.4 Å². The van der Waals surface area contributed by atoms with Crippen LogP contribution < -0.4 is 38.5 Å². The Labute approximate surface area is 273 Å². The number of phenolic OH excluding ortho intramolecular Hbond substituents is 1. The van der Waals surface area contributed by atoms with Crippen molar-refractivity contribution in [3.8, 4) is 5.75 Å². The topological polar surface area (TPSA) is 302 Å². The third kappa shape index (κ3) is 14.4. The number of carboxylic acid groups (broad SMARTS) is 2. The zero-order valence-corrected chi connectivity index (χ0v) is 27.1. The average molecular weight is 665 g/mol. The van der Waals surface area contributed by atoms with Crippen LogP contribution in [0.15, 0.2) is 29.3 Å². The number of guanidine groups is 1. The minimum Gasteiger partial charge on any atom is -0.508 e. The van der Waals surface area contributed by atoms with Gasteiger partial charge in [0.15, 0.2) is 5.96 Å². The van der Waals surface area contributed by atoms with Crippen LogP contribution in [-0.2, 0) is 35.2 Å². The Morgan fingerprint density at radius 3 is 1.87 bits per heavy atom. The summed E-state index contributed by atoms with van der Waals surface area (Å²) in [5.41, 5.74) is 16.9. The first-order chi connectivity index (χ1) is 22.0. The van der Waals surface area contributed by atoms with Gasteiger partial charge in [-0.1, -0.05) is 46.2 Å². The summed E-state index contributed by atoms with van der Waals surface area (Å²) in [6.45, 7) is 6.82. The van der Waals surface area contributed by atoms with Gasteiger partial charge in [-0.3, -0.25) is 29.0 Å². The summed E-state index contributed by atoms with van der Waals surface area (Å²) in [6.07, 6.45) is -0.0835. The molecule has 0 aliphatic carbocycles. The Balaban J connectivity index is 3.28. The number of benzene rings is 1. The van der Waals surface area contributed by atoms with E-state index in [1.54, 1.807) is 27.7 Å². The largest absolute Gasteiger partial charge is 0.508 e. The van der Waals surface area contributed by atoms with Crippen LogP contribution in [0, 0.1) is 11.8 Å². The molecule has 262 valence electrons. The summed E-state index contributed by atoms with van der Waals surface area (Å²) >= 11 is 0. The molecule has 0 aliphatic heterocycles. The number of amides is 4. The molecule has 6 atom stereocenters. The van der Waals surface area contributed by atoms with Crippen LogP contribution in [0.25, 0.3) is 0 Å². The fraction of sp³-hybridized carbons (Fsp3) is 0.567. The van der Waals surface area contributed by atoms with Gasteiger partial charge in [0.25, 0.3) is 0 Å². The zero-order chi connectivity index (χ0) is 35.8. The lowest BCUT2D eigenvalue weighted by Crippen LogP contribution is -2.60. The van der Waals surface area contributed by atoms with Gasteiger partial charge in [0.2, 0.25) is 23.6 Å². The van der Waals surface area contributed by atoms with Gasteiger partial charge in [0, 0.05) is 13.0 Å². The highest BCUT2D eigenvalue weighted by Crippen LogP contribution is 2.14. The highest BCUT2D eigenvalue weighted by Gasteiger charge is 2.34. The van der Waals surface area contributed by atoms with E-state index >= 15 is 0 Å². The van der Waals surface area contributed by atoms with Crippen LogP contribution in [-0.4, -0.2) is 93.6 Å². The quantitative estimate of drug-likeness (QED) is 0.0433. The number of nitrogens with one attached hydrogen (secondary N) is 4. The second-order valence-electron chi connectivity index (χ2n) is 11.6. The summed E-state index contributed by atoms with van der Waals surface area (Å²) in [5.74, 6) is -6.95. The van der Waals surface area contributed by atoms with Gasteiger partial charge in [-0.25, -0.2) is 4.79 Å². The summed E-state index contributed by atoms with van der Waals surface area (Å²) < 4.78 is 0. The molecule has 0 spiro atoms. The number of aliphatic carboxylic acids is 2. The molecular weight excluding hydrogens is 616 g/mol. The number of phenols is 1. The lowest BCUT2D eigenvalue weighted by molar-refractivity contribution is -0.144. The van der Waals surface area contributed by atoms with Crippen molar-refractivity contribution in [2.24, 2.45) is 34.0 Å². The molecular formula is C30H48N8O9. The van der Waals surface area contributed by atoms with Crippen molar-refractivity contribution in [1.29, 1.82) is 0 Å². The van der Waals surface area contributed by atoms with Crippen molar-refractivity contribution in [2.45, 2.75) is 90.0 Å². The van der Waals surface area contributed by atoms with Gasteiger partial charge < -0.3 is 53.8 Å². The lowest BCUT2D eigenvalue weighted by Gasteiger charge is -2.28. The number of carbonyl (C=O) groups is 6. The fourth-order valence-corrected chi connectivity index (χ4v) is 4.40. The number of aromatic hydroxyl groups is 1. The van der Waals surface area contributed by atoms with Gasteiger partial charge in [0.05, 0.1) is 12.5 Å². The Morgan fingerprint density at radius 2 is 1.36 bits per heavy atom. The third-order valence-electron chi connectivity index (χ3n) is 7.34. The number of rotatable bonds is 20. The molecule has 13 N–H and O–H groups in total. The minimum atomic E-state index is -1.45. The van der Waals surface area contributed by atoms with Crippen LogP contribution in [0.5, 0.6) is 5.75 Å². The molecule has 0 aromatic heterocycles. The van der Waals surface area contributed by atoms with Crippen LogP contribution in [0.1, 0.15) is 58.9 Å². The highest BCUT2D eigenvalue weighted by atomic mass is 16.4. The number of nitrogens with two attached hydrogens (primary N) is 3. The van der Waals surface area contributed by atoms with Gasteiger partial charge >= 0.3 is 11.9 Å². The molecule has 4 amide bonds. The van der Waals surface area contributed by atoms with Gasteiger partial charge in [0.1, 0.15) is 29.9 Å². The smallest absolute Gasteiger partial charge is 0.326 e. The maximum Gasteiger partial charge on any atom is 0.326 e. The predicted molar refractivity (Wildman–Crippen MR) is 172 cm³/mol. The summed E-state index contributed by atoms with van der Waals surface area (Å²) in [7, 11) is 0. The molecule has 1 rings (SSSR count). The van der Waals surface area contributed by atoms with E-state index in [1.165, 1.54) is 24.3 Å². The SMILES string of the molecule is CCC(C)C(NC(=O)C(Cc1ccc(O)cc1)NC(=O)C(NC(=O)C(CCCN=C(N)N)NC(=O)C(N)CC(=O)O)C(C)C)C(=O)O. The van der Waals surface area contributed by atoms with Crippen molar-refractivity contribution in [3.63, 3.8) is 0 Å². The first-order valence-corrected chi connectivity index (χ1v) is 15.2. The van der Waals surface area contributed by atoms with E-state index in [-0.39, 0.29) is 37.5 Å². The molecule has 0 saturated heterocycles. The van der Waals surface area contributed by atoms with Gasteiger partial charge in [-0.2, -0.15) is 0 Å². The number of hydrogen-bond acceptors (Lipinski definition) is 9. The van der Waals surface area contributed by atoms with Crippen molar-refractivity contribution < 1.29 is 44.1 Å². The van der Waals surface area contributed by atoms with E-state index < -0.39 is 84.0 Å². The van der Waals surface area contributed by atoms with E-state index in [1.807, 2.05) is 0 Å². The molecule has 0 heterocycles. The molecule has 17 nitrogen and oxygen atoms in total. The van der Waals surface area contributed by atoms with Gasteiger partial charge in [-0.15, -0.1) is 0 Å². The lowest BCUT2D eigenvalue weighted by atomic mass is 9.97. The second kappa shape index (κ2) is 19.6. The Hall–Kier alpha value is -4.93. The third-order valence-corrected chi connectivity index (χ3v) is 7.34. The first-order valence-electron chi connectivity index (χ1n) is 15.2. The molecule has 1 aromatic carbocycles. The Morgan fingerprint density at radius 1 is 0.809 bits per heavy atom. The number of carbonyl (C=O) groups excluding carboxylic acids is 4. The first kappa shape index (κ1) is 40.1. The van der Waals surface area contributed by atoms with E-state index in [0.717, 1.165) is 0 Å². The minimum absolute atomic E-state index is 0.00134. The monoisotopic (exact) mass is 664 g/mol. The molecule has 0 bridgehead atoms. The van der Waals surface area contributed by atoms with Crippen LogP contribution in [0.3, 0.4) is 0 Å². The fourth-order valence-electron chi connectivity index (χ4n) is 4.40. The zero-order valence-electron chi connectivity index (χ0n) is 27.1. The summed E-state index contributed by atoms with van der Waals surface area (Å²) in [6, 6.07) is -0.577. The number of nitrogens with zero attached hydrogens (tertiary/aromatic N) is 1. The molecule has 17 heteroatoms.